The number of methoxy groups -OCH3 is 1. The van der Waals surface area contributed by atoms with E-state index in [-0.39, 0.29) is 5.97 Å². The SMILES string of the molecule is COC(=O)C1(Br)C=N1. The summed E-state index contributed by atoms with van der Waals surface area (Å²) in [4.78, 5) is 14.1. The van der Waals surface area contributed by atoms with E-state index in [4.69, 9.17) is 0 Å². The quantitative estimate of drug-likeness (QED) is 0.329. The number of rotatable bonds is 1. The zero-order chi connectivity index (χ0) is 6.20. The Balaban J connectivity index is 2.48. The molecule has 0 aromatic rings. The van der Waals surface area contributed by atoms with Crippen molar-refractivity contribution in [1.82, 2.24) is 0 Å². The monoisotopic (exact) mass is 177 g/mol. The molecule has 0 N–H and O–H groups in total. The molecule has 0 aromatic carbocycles. The Morgan fingerprint density at radius 1 is 2.00 bits per heavy atom. The number of aliphatic imine (C=N–C) groups is 1. The average Bonchev–Trinajstić information content (AvgIpc) is 2.47. The molecule has 0 fully saturated rings. The van der Waals surface area contributed by atoms with Crippen LogP contribution in [0.25, 0.3) is 0 Å². The van der Waals surface area contributed by atoms with E-state index in [0.29, 0.717) is 0 Å². The highest BCUT2D eigenvalue weighted by Crippen LogP contribution is 2.28. The molecule has 1 aliphatic heterocycles. The molecular formula is C4H4BrNO2. The summed E-state index contributed by atoms with van der Waals surface area (Å²) in [5, 5.41) is 0. The van der Waals surface area contributed by atoms with Gasteiger partial charge in [-0.25, -0.2) is 4.79 Å². The van der Waals surface area contributed by atoms with Crippen LogP contribution in [0.5, 0.6) is 0 Å². The topological polar surface area (TPSA) is 38.7 Å². The van der Waals surface area contributed by atoms with Gasteiger partial charge in [-0.3, -0.25) is 4.99 Å². The second kappa shape index (κ2) is 1.55. The van der Waals surface area contributed by atoms with E-state index in [1.165, 1.54) is 13.3 Å². The number of hydrogen-bond donors (Lipinski definition) is 0. The van der Waals surface area contributed by atoms with Crippen molar-refractivity contribution in [3.05, 3.63) is 0 Å². The molecule has 4 heteroatoms. The highest BCUT2D eigenvalue weighted by Gasteiger charge is 2.43. The number of ether oxygens (including phenoxy) is 1. The van der Waals surface area contributed by atoms with Crippen molar-refractivity contribution in [2.75, 3.05) is 7.11 Å². The molecule has 8 heavy (non-hydrogen) atoms. The molecule has 0 amide bonds. The summed E-state index contributed by atoms with van der Waals surface area (Å²) in [7, 11) is 1.33. The van der Waals surface area contributed by atoms with Crippen molar-refractivity contribution in [2.45, 2.75) is 4.45 Å². The maximum absolute atomic E-state index is 10.5. The number of halogens is 1. The molecule has 0 bridgehead atoms. The minimum atomic E-state index is -0.790. The third-order valence-corrected chi connectivity index (χ3v) is 1.56. The summed E-state index contributed by atoms with van der Waals surface area (Å²) >= 11 is 3.02. The number of alkyl halides is 1. The van der Waals surface area contributed by atoms with E-state index in [1.807, 2.05) is 0 Å². The summed E-state index contributed by atoms with van der Waals surface area (Å²) in [5.74, 6) is -0.363. The zero-order valence-corrected chi connectivity index (χ0v) is 5.81. The zero-order valence-electron chi connectivity index (χ0n) is 4.22. The molecule has 3 nitrogen and oxygen atoms in total. The van der Waals surface area contributed by atoms with Crippen LogP contribution < -0.4 is 0 Å². The lowest BCUT2D eigenvalue weighted by molar-refractivity contribution is -0.140. The van der Waals surface area contributed by atoms with Crippen molar-refractivity contribution in [2.24, 2.45) is 4.99 Å². The number of carbonyl (C=O) groups excluding carboxylic acids is 1. The summed E-state index contributed by atoms with van der Waals surface area (Å²) in [5.41, 5.74) is 0. The molecule has 0 aliphatic carbocycles. The van der Waals surface area contributed by atoms with Crippen molar-refractivity contribution >= 4 is 28.1 Å². The van der Waals surface area contributed by atoms with Gasteiger partial charge in [0.1, 0.15) is 0 Å². The summed E-state index contributed by atoms with van der Waals surface area (Å²) in [6, 6.07) is 0. The van der Waals surface area contributed by atoms with Gasteiger partial charge in [-0.1, -0.05) is 0 Å². The van der Waals surface area contributed by atoms with Crippen LogP contribution in [0.15, 0.2) is 4.99 Å². The molecule has 1 unspecified atom stereocenters. The van der Waals surface area contributed by atoms with Crippen LogP contribution in [-0.4, -0.2) is 23.7 Å². The van der Waals surface area contributed by atoms with Gasteiger partial charge in [-0.15, -0.1) is 0 Å². The minimum Gasteiger partial charge on any atom is -0.466 e. The minimum absolute atomic E-state index is 0.363. The fraction of sp³-hybridized carbons (Fsp3) is 0.500. The summed E-state index contributed by atoms with van der Waals surface area (Å²) in [6.45, 7) is 0. The van der Waals surface area contributed by atoms with Gasteiger partial charge in [-0.2, -0.15) is 0 Å². The molecule has 0 aromatic heterocycles. The first-order valence-electron chi connectivity index (χ1n) is 2.03. The molecule has 1 rings (SSSR count). The standard InChI is InChI=1S/C4H4BrNO2/c1-8-3(7)4(5)2-6-4/h2H,1H3. The van der Waals surface area contributed by atoms with Crippen LogP contribution in [0.4, 0.5) is 0 Å². The van der Waals surface area contributed by atoms with Crippen LogP contribution in [0.2, 0.25) is 0 Å². The Hall–Kier alpha value is -0.380. The van der Waals surface area contributed by atoms with Gasteiger partial charge in [0.25, 0.3) is 0 Å². The van der Waals surface area contributed by atoms with Crippen molar-refractivity contribution < 1.29 is 9.53 Å². The second-order valence-corrected chi connectivity index (χ2v) is 2.63. The van der Waals surface area contributed by atoms with E-state index in [1.54, 1.807) is 0 Å². The van der Waals surface area contributed by atoms with Crippen LogP contribution in [0.3, 0.4) is 0 Å². The van der Waals surface area contributed by atoms with E-state index in [9.17, 15) is 4.79 Å². The maximum Gasteiger partial charge on any atom is 0.350 e. The predicted octanol–water partition coefficient (Wildman–Crippen LogP) is 0.335. The van der Waals surface area contributed by atoms with E-state index in [0.717, 1.165) is 0 Å². The summed E-state index contributed by atoms with van der Waals surface area (Å²) < 4.78 is 3.58. The fourth-order valence-corrected chi connectivity index (χ4v) is 0.569. The molecule has 1 atom stereocenters. The highest BCUT2D eigenvalue weighted by molar-refractivity contribution is 9.10. The van der Waals surface area contributed by atoms with Gasteiger partial charge in [0.2, 0.25) is 4.45 Å². The maximum atomic E-state index is 10.5. The fourth-order valence-electron chi connectivity index (χ4n) is 0.305. The second-order valence-electron chi connectivity index (χ2n) is 1.42. The first-order chi connectivity index (χ1) is 3.69. The van der Waals surface area contributed by atoms with Crippen molar-refractivity contribution in [1.29, 1.82) is 0 Å². The molecule has 1 heterocycles. The molecular weight excluding hydrogens is 174 g/mol. The Kier molecular flexibility index (Phi) is 1.11. The van der Waals surface area contributed by atoms with E-state index in [2.05, 4.69) is 25.7 Å². The lowest BCUT2D eigenvalue weighted by atomic mass is 10.5. The van der Waals surface area contributed by atoms with Crippen LogP contribution in [0, 0.1) is 0 Å². The van der Waals surface area contributed by atoms with Gasteiger partial charge in [0.05, 0.1) is 13.3 Å². The largest absolute Gasteiger partial charge is 0.466 e. The Bertz CT molecular complexity index is 148. The van der Waals surface area contributed by atoms with Crippen LogP contribution in [-0.2, 0) is 9.53 Å². The van der Waals surface area contributed by atoms with Crippen molar-refractivity contribution in [3.8, 4) is 0 Å². The number of esters is 1. The van der Waals surface area contributed by atoms with E-state index >= 15 is 0 Å². The normalized spacial score (nSPS) is 32.2. The van der Waals surface area contributed by atoms with Gasteiger partial charge in [0, 0.05) is 0 Å². The first-order valence-corrected chi connectivity index (χ1v) is 2.82. The third-order valence-electron chi connectivity index (χ3n) is 0.827. The smallest absolute Gasteiger partial charge is 0.350 e. The van der Waals surface area contributed by atoms with E-state index < -0.39 is 4.45 Å². The van der Waals surface area contributed by atoms with Gasteiger partial charge < -0.3 is 4.74 Å². The van der Waals surface area contributed by atoms with Gasteiger partial charge >= 0.3 is 5.97 Å². The summed E-state index contributed by atoms with van der Waals surface area (Å²) in [6.07, 6.45) is 1.48. The van der Waals surface area contributed by atoms with Crippen LogP contribution >= 0.6 is 15.9 Å². The van der Waals surface area contributed by atoms with Crippen LogP contribution in [0.1, 0.15) is 0 Å². The number of nitrogens with zero attached hydrogens (tertiary/aromatic N) is 1. The van der Waals surface area contributed by atoms with Gasteiger partial charge in [0.15, 0.2) is 0 Å². The molecule has 0 radical (unpaired) electrons. The first kappa shape index (κ1) is 5.75. The Morgan fingerprint density at radius 2 is 2.50 bits per heavy atom. The lowest BCUT2D eigenvalue weighted by Gasteiger charge is -1.98. The molecule has 0 saturated carbocycles. The molecule has 0 saturated heterocycles. The highest BCUT2D eigenvalue weighted by atomic mass is 79.9. The lowest BCUT2D eigenvalue weighted by Crippen LogP contribution is -2.19. The molecule has 0 spiro atoms. The third kappa shape index (κ3) is 0.753. The Morgan fingerprint density at radius 3 is 2.62 bits per heavy atom. The molecule has 44 valence electrons. The van der Waals surface area contributed by atoms with Gasteiger partial charge in [-0.05, 0) is 15.9 Å². The predicted molar refractivity (Wildman–Crippen MR) is 32.2 cm³/mol. The van der Waals surface area contributed by atoms with Crippen molar-refractivity contribution in [3.63, 3.8) is 0 Å². The average molecular weight is 178 g/mol. The Labute approximate surface area is 54.9 Å². The number of carbonyl (C=O) groups is 1. The molecule has 1 aliphatic rings. The number of hydrogen-bond acceptors (Lipinski definition) is 3.